The maximum Gasteiger partial charge on any atom is 0.305 e. The molecule has 0 radical (unpaired) electrons. The molecule has 0 amide bonds. The van der Waals surface area contributed by atoms with Crippen LogP contribution in [-0.2, 0) is 16.0 Å². The fourth-order valence-corrected chi connectivity index (χ4v) is 1.20. The van der Waals surface area contributed by atoms with Crippen LogP contribution in [0.25, 0.3) is 0 Å². The van der Waals surface area contributed by atoms with Crippen LogP contribution < -0.4 is 0 Å². The molecule has 0 aliphatic heterocycles. The molecule has 0 unspecified atom stereocenters. The first-order valence-electron chi connectivity index (χ1n) is 4.43. The number of carbonyl (C=O) groups is 1. The maximum atomic E-state index is 13.5. The summed E-state index contributed by atoms with van der Waals surface area (Å²) < 4.78 is 17.9. The van der Waals surface area contributed by atoms with Gasteiger partial charge in [-0.25, -0.2) is 4.39 Å². The minimum Gasteiger partial charge on any atom is -0.469 e. The number of halogens is 1. The molecule has 0 atom stereocenters. The van der Waals surface area contributed by atoms with Gasteiger partial charge < -0.3 is 4.74 Å². The monoisotopic (exact) mass is 207 g/mol. The van der Waals surface area contributed by atoms with Gasteiger partial charge in [-0.1, -0.05) is 12.1 Å². The van der Waals surface area contributed by atoms with Gasteiger partial charge in [-0.2, -0.15) is 5.26 Å². The lowest BCUT2D eigenvalue weighted by molar-refractivity contribution is -0.140. The molecular weight excluding hydrogens is 197 g/mol. The van der Waals surface area contributed by atoms with Crippen LogP contribution in [0.3, 0.4) is 0 Å². The van der Waals surface area contributed by atoms with Gasteiger partial charge in [0.05, 0.1) is 12.7 Å². The average molecular weight is 207 g/mol. The largest absolute Gasteiger partial charge is 0.469 e. The van der Waals surface area contributed by atoms with Crippen molar-refractivity contribution >= 4 is 5.97 Å². The molecule has 4 heteroatoms. The number of methoxy groups -OCH3 is 1. The molecule has 1 rings (SSSR count). The van der Waals surface area contributed by atoms with Gasteiger partial charge in [0, 0.05) is 6.42 Å². The number of esters is 1. The molecule has 0 saturated carbocycles. The van der Waals surface area contributed by atoms with Crippen LogP contribution in [0.15, 0.2) is 18.2 Å². The second kappa shape index (κ2) is 5.11. The summed E-state index contributed by atoms with van der Waals surface area (Å²) in [5.41, 5.74) is 0.358. The zero-order chi connectivity index (χ0) is 11.3. The van der Waals surface area contributed by atoms with E-state index < -0.39 is 11.8 Å². The number of rotatable bonds is 3. The molecule has 0 aliphatic carbocycles. The van der Waals surface area contributed by atoms with E-state index in [-0.39, 0.29) is 18.4 Å². The highest BCUT2D eigenvalue weighted by Gasteiger charge is 2.09. The van der Waals surface area contributed by atoms with E-state index >= 15 is 0 Å². The lowest BCUT2D eigenvalue weighted by atomic mass is 10.1. The smallest absolute Gasteiger partial charge is 0.305 e. The average Bonchev–Trinajstić information content (AvgIpc) is 2.27. The summed E-state index contributed by atoms with van der Waals surface area (Å²) in [6, 6.07) is 6.29. The van der Waals surface area contributed by atoms with Gasteiger partial charge >= 0.3 is 5.97 Å². The van der Waals surface area contributed by atoms with Crippen molar-refractivity contribution in [1.82, 2.24) is 0 Å². The second-order valence-corrected chi connectivity index (χ2v) is 2.97. The predicted molar refractivity (Wildman–Crippen MR) is 51.5 cm³/mol. The minimum atomic E-state index is -0.552. The van der Waals surface area contributed by atoms with Crippen molar-refractivity contribution in [3.05, 3.63) is 35.1 Å². The Balaban J connectivity index is 2.78. The number of carbonyl (C=O) groups excluding carboxylic acids is 1. The van der Waals surface area contributed by atoms with E-state index in [2.05, 4.69) is 4.74 Å². The molecule has 15 heavy (non-hydrogen) atoms. The van der Waals surface area contributed by atoms with Crippen LogP contribution in [0, 0.1) is 17.1 Å². The van der Waals surface area contributed by atoms with Gasteiger partial charge in [0.1, 0.15) is 11.9 Å². The van der Waals surface area contributed by atoms with Crippen molar-refractivity contribution in [1.29, 1.82) is 5.26 Å². The van der Waals surface area contributed by atoms with Gasteiger partial charge in [-0.05, 0) is 18.1 Å². The van der Waals surface area contributed by atoms with E-state index in [1.807, 2.05) is 0 Å². The summed E-state index contributed by atoms with van der Waals surface area (Å²) in [5.74, 6) is -0.944. The molecular formula is C11H10FNO2. The third-order valence-electron chi connectivity index (χ3n) is 2.03. The fraction of sp³-hybridized carbons (Fsp3) is 0.273. The SMILES string of the molecule is COC(=O)CCc1cccc(C#N)c1F. The Labute approximate surface area is 87.1 Å². The van der Waals surface area contributed by atoms with Crippen LogP contribution in [-0.4, -0.2) is 13.1 Å². The van der Waals surface area contributed by atoms with E-state index in [0.717, 1.165) is 0 Å². The number of hydrogen-bond donors (Lipinski definition) is 0. The van der Waals surface area contributed by atoms with Crippen molar-refractivity contribution < 1.29 is 13.9 Å². The first-order chi connectivity index (χ1) is 7.19. The third kappa shape index (κ3) is 2.78. The molecule has 0 spiro atoms. The Hall–Kier alpha value is -1.89. The van der Waals surface area contributed by atoms with Gasteiger partial charge in [-0.3, -0.25) is 4.79 Å². The summed E-state index contributed by atoms with van der Waals surface area (Å²) in [5, 5.41) is 8.58. The Morgan fingerprint density at radius 1 is 1.60 bits per heavy atom. The highest BCUT2D eigenvalue weighted by Crippen LogP contribution is 2.13. The minimum absolute atomic E-state index is 0.00244. The number of ether oxygens (including phenoxy) is 1. The molecule has 1 aromatic carbocycles. The van der Waals surface area contributed by atoms with E-state index in [1.165, 1.54) is 13.2 Å². The van der Waals surface area contributed by atoms with Crippen molar-refractivity contribution in [3.63, 3.8) is 0 Å². The highest BCUT2D eigenvalue weighted by molar-refractivity contribution is 5.69. The van der Waals surface area contributed by atoms with E-state index in [1.54, 1.807) is 18.2 Å². The number of nitrogens with zero attached hydrogens (tertiary/aromatic N) is 1. The van der Waals surface area contributed by atoms with E-state index in [4.69, 9.17) is 5.26 Å². The van der Waals surface area contributed by atoms with Crippen molar-refractivity contribution in [2.75, 3.05) is 7.11 Å². The Morgan fingerprint density at radius 2 is 2.33 bits per heavy atom. The summed E-state index contributed by atoms with van der Waals surface area (Å²) in [7, 11) is 1.28. The fourth-order valence-electron chi connectivity index (χ4n) is 1.20. The highest BCUT2D eigenvalue weighted by atomic mass is 19.1. The van der Waals surface area contributed by atoms with Crippen molar-refractivity contribution in [2.24, 2.45) is 0 Å². The standard InChI is InChI=1S/C11H10FNO2/c1-15-10(14)6-5-8-3-2-4-9(7-13)11(8)12/h2-4H,5-6H2,1H3. The molecule has 3 nitrogen and oxygen atoms in total. The molecule has 0 saturated heterocycles. The van der Waals surface area contributed by atoms with E-state index in [0.29, 0.717) is 5.56 Å². The lowest BCUT2D eigenvalue weighted by Gasteiger charge is -2.03. The normalized spacial score (nSPS) is 9.40. The zero-order valence-electron chi connectivity index (χ0n) is 8.29. The predicted octanol–water partition coefficient (Wildman–Crippen LogP) is 1.80. The summed E-state index contributed by atoms with van der Waals surface area (Å²) >= 11 is 0. The summed E-state index contributed by atoms with van der Waals surface area (Å²) in [6.45, 7) is 0. The van der Waals surface area contributed by atoms with Crippen LogP contribution in [0.4, 0.5) is 4.39 Å². The van der Waals surface area contributed by atoms with Gasteiger partial charge in [0.2, 0.25) is 0 Å². The Bertz CT molecular complexity index is 410. The summed E-state index contributed by atoms with van der Waals surface area (Å²) in [6.07, 6.45) is 0.357. The number of nitriles is 1. The molecule has 0 bridgehead atoms. The molecule has 0 heterocycles. The van der Waals surface area contributed by atoms with Crippen LogP contribution in [0.1, 0.15) is 17.5 Å². The number of benzene rings is 1. The quantitative estimate of drug-likeness (QED) is 0.710. The van der Waals surface area contributed by atoms with Crippen LogP contribution >= 0.6 is 0 Å². The maximum absolute atomic E-state index is 13.5. The second-order valence-electron chi connectivity index (χ2n) is 2.97. The topological polar surface area (TPSA) is 50.1 Å². The Morgan fingerprint density at radius 3 is 2.93 bits per heavy atom. The molecule has 0 N–H and O–H groups in total. The Kier molecular flexibility index (Phi) is 3.81. The molecule has 0 aliphatic rings. The number of hydrogen-bond acceptors (Lipinski definition) is 3. The van der Waals surface area contributed by atoms with Gasteiger partial charge in [0.25, 0.3) is 0 Å². The first kappa shape index (κ1) is 11.2. The zero-order valence-corrected chi connectivity index (χ0v) is 8.29. The molecule has 1 aromatic rings. The molecule has 0 aromatic heterocycles. The first-order valence-corrected chi connectivity index (χ1v) is 4.43. The lowest BCUT2D eigenvalue weighted by Crippen LogP contribution is -2.03. The summed E-state index contributed by atoms with van der Waals surface area (Å²) in [4.78, 5) is 10.8. The van der Waals surface area contributed by atoms with Gasteiger partial charge in [-0.15, -0.1) is 0 Å². The van der Waals surface area contributed by atoms with Crippen LogP contribution in [0.2, 0.25) is 0 Å². The van der Waals surface area contributed by atoms with Gasteiger partial charge in [0.15, 0.2) is 0 Å². The number of aryl methyl sites for hydroxylation is 1. The molecule has 0 fully saturated rings. The third-order valence-corrected chi connectivity index (χ3v) is 2.03. The van der Waals surface area contributed by atoms with Crippen molar-refractivity contribution in [2.45, 2.75) is 12.8 Å². The van der Waals surface area contributed by atoms with Crippen molar-refractivity contribution in [3.8, 4) is 6.07 Å². The van der Waals surface area contributed by atoms with Crippen LogP contribution in [0.5, 0.6) is 0 Å². The molecule has 78 valence electrons. The van der Waals surface area contributed by atoms with E-state index in [9.17, 15) is 9.18 Å².